The summed E-state index contributed by atoms with van der Waals surface area (Å²) in [5.74, 6) is -4.55. The first-order valence-electron chi connectivity index (χ1n) is 18.7. The van der Waals surface area contributed by atoms with E-state index in [1.807, 2.05) is 27.7 Å². The SMILES string of the molecule is COCC(C)(C)COCC(C)(C)COCCNC(=O)c1ccc(C(=O)NCCN(CCNC(=O)c2cccc(=O)n2O)CCNC(=O)c2cccc(=O)n2O)c(O)c1O. The average Bonchev–Trinajstić information content (AvgIpc) is 3.17. The molecule has 0 fully saturated rings. The zero-order chi connectivity index (χ0) is 43.8. The number of rotatable bonds is 24. The van der Waals surface area contributed by atoms with E-state index in [0.29, 0.717) is 26.4 Å². The molecule has 324 valence electrons. The van der Waals surface area contributed by atoms with Crippen LogP contribution >= 0.6 is 0 Å². The summed E-state index contributed by atoms with van der Waals surface area (Å²) in [7, 11) is 1.64. The highest BCUT2D eigenvalue weighted by atomic mass is 16.5. The van der Waals surface area contributed by atoms with Crippen LogP contribution in [0.25, 0.3) is 0 Å². The molecule has 8 N–H and O–H groups in total. The fourth-order valence-corrected chi connectivity index (χ4v) is 5.61. The first-order chi connectivity index (χ1) is 27.9. The number of benzene rings is 1. The molecule has 2 heterocycles. The maximum absolute atomic E-state index is 13.0. The predicted molar refractivity (Wildman–Crippen MR) is 212 cm³/mol. The number of ether oxygens (including phenoxy) is 3. The summed E-state index contributed by atoms with van der Waals surface area (Å²) in [4.78, 5) is 76.1. The summed E-state index contributed by atoms with van der Waals surface area (Å²) in [5.41, 5.74) is -3.17. The molecule has 0 unspecified atom stereocenters. The van der Waals surface area contributed by atoms with Crippen LogP contribution in [0.2, 0.25) is 0 Å². The third-order valence-electron chi connectivity index (χ3n) is 8.65. The molecule has 0 aliphatic rings. The molecular formula is C39H55N7O13. The molecule has 0 bridgehead atoms. The van der Waals surface area contributed by atoms with Gasteiger partial charge >= 0.3 is 0 Å². The number of hydrogen-bond acceptors (Lipinski definition) is 14. The summed E-state index contributed by atoms with van der Waals surface area (Å²) < 4.78 is 17.2. The van der Waals surface area contributed by atoms with Crippen molar-refractivity contribution in [2.75, 3.05) is 86.0 Å². The van der Waals surface area contributed by atoms with E-state index in [9.17, 15) is 49.4 Å². The number of nitrogens with one attached hydrogen (secondary N) is 4. The lowest BCUT2D eigenvalue weighted by molar-refractivity contribution is -0.0395. The second-order valence-corrected chi connectivity index (χ2v) is 15.2. The van der Waals surface area contributed by atoms with Crippen molar-refractivity contribution in [1.29, 1.82) is 0 Å². The van der Waals surface area contributed by atoms with Gasteiger partial charge in [0.05, 0.1) is 44.2 Å². The average molecular weight is 830 g/mol. The van der Waals surface area contributed by atoms with E-state index in [4.69, 9.17) is 14.2 Å². The van der Waals surface area contributed by atoms with Gasteiger partial charge in [0.15, 0.2) is 11.5 Å². The van der Waals surface area contributed by atoms with Gasteiger partial charge in [-0.3, -0.25) is 33.7 Å². The van der Waals surface area contributed by atoms with Crippen molar-refractivity contribution in [3.05, 3.63) is 91.8 Å². The van der Waals surface area contributed by atoms with E-state index in [2.05, 4.69) is 21.3 Å². The molecule has 0 saturated heterocycles. The van der Waals surface area contributed by atoms with Gasteiger partial charge < -0.3 is 56.1 Å². The lowest BCUT2D eigenvalue weighted by Crippen LogP contribution is -2.43. The van der Waals surface area contributed by atoms with Gasteiger partial charge in [0.25, 0.3) is 34.7 Å². The molecule has 3 aromatic rings. The highest BCUT2D eigenvalue weighted by Gasteiger charge is 2.24. The van der Waals surface area contributed by atoms with E-state index < -0.39 is 46.2 Å². The molecule has 4 amide bonds. The topological polar surface area (TPSA) is 272 Å². The summed E-state index contributed by atoms with van der Waals surface area (Å²) in [6.45, 7) is 10.7. The summed E-state index contributed by atoms with van der Waals surface area (Å²) in [5, 5.41) is 51.4. The van der Waals surface area contributed by atoms with Crippen molar-refractivity contribution in [2.24, 2.45) is 10.8 Å². The molecule has 1 aromatic carbocycles. The van der Waals surface area contributed by atoms with Crippen LogP contribution in [0, 0.1) is 10.8 Å². The number of pyridine rings is 2. The van der Waals surface area contributed by atoms with Crippen LogP contribution in [0.1, 0.15) is 69.4 Å². The Bertz CT molecular complexity index is 1950. The molecule has 0 atom stereocenters. The number of methoxy groups -OCH3 is 1. The van der Waals surface area contributed by atoms with Gasteiger partial charge in [0, 0.05) is 75.9 Å². The summed E-state index contributed by atoms with van der Waals surface area (Å²) >= 11 is 0. The maximum atomic E-state index is 13.0. The zero-order valence-corrected chi connectivity index (χ0v) is 33.9. The fourth-order valence-electron chi connectivity index (χ4n) is 5.61. The molecule has 0 aliphatic heterocycles. The Balaban J connectivity index is 1.53. The van der Waals surface area contributed by atoms with E-state index >= 15 is 0 Å². The Labute approximate surface area is 340 Å². The molecule has 0 spiro atoms. The number of phenols is 2. The molecule has 0 saturated carbocycles. The van der Waals surface area contributed by atoms with Gasteiger partial charge in [0.1, 0.15) is 11.4 Å². The number of hydrogen-bond donors (Lipinski definition) is 8. The van der Waals surface area contributed by atoms with Crippen LogP contribution in [0.15, 0.2) is 58.1 Å². The highest BCUT2D eigenvalue weighted by Crippen LogP contribution is 2.32. The Morgan fingerprint density at radius 3 is 1.42 bits per heavy atom. The second kappa shape index (κ2) is 22.3. The number of aromatic hydroxyl groups is 2. The number of amides is 4. The first kappa shape index (κ1) is 47.4. The monoisotopic (exact) mass is 829 g/mol. The molecule has 0 radical (unpaired) electrons. The minimum absolute atomic E-state index is 0.00421. The Kier molecular flexibility index (Phi) is 17.9. The van der Waals surface area contributed by atoms with Gasteiger partial charge in [-0.25, -0.2) is 0 Å². The first-order valence-corrected chi connectivity index (χ1v) is 18.7. The Morgan fingerprint density at radius 2 is 0.983 bits per heavy atom. The largest absolute Gasteiger partial charge is 0.504 e. The van der Waals surface area contributed by atoms with Crippen molar-refractivity contribution < 1.29 is 54.0 Å². The van der Waals surface area contributed by atoms with Crippen molar-refractivity contribution in [3.63, 3.8) is 0 Å². The summed E-state index contributed by atoms with van der Waals surface area (Å²) in [6, 6.07) is 9.65. The second-order valence-electron chi connectivity index (χ2n) is 15.2. The minimum Gasteiger partial charge on any atom is -0.504 e. The van der Waals surface area contributed by atoms with E-state index in [1.165, 1.54) is 36.4 Å². The molecule has 0 aliphatic carbocycles. The third kappa shape index (κ3) is 14.7. The standard InChI is InChI=1S/C39H55N7O13/c1-38(2,22-57-5)24-59-25-39(3,4)23-58-21-17-43-35(52)27-13-12-26(32(49)33(27)50)34(51)40-14-18-44(19-15-41-36(53)28-8-6-10-30(47)45(28)55)20-16-42-37(54)29-9-7-11-31(48)46(29)56/h6-13,49-50,55-56H,14-25H2,1-5H3,(H,40,51)(H,41,53)(H,42,54)(H,43,52). The van der Waals surface area contributed by atoms with E-state index in [-0.39, 0.29) is 95.2 Å². The van der Waals surface area contributed by atoms with Crippen LogP contribution in [-0.2, 0) is 14.2 Å². The lowest BCUT2D eigenvalue weighted by atomic mass is 9.94. The number of carbonyl (C=O) groups excluding carboxylic acids is 4. The predicted octanol–water partition coefficient (Wildman–Crippen LogP) is 0.249. The lowest BCUT2D eigenvalue weighted by Gasteiger charge is -2.28. The van der Waals surface area contributed by atoms with Crippen LogP contribution in [0.4, 0.5) is 0 Å². The van der Waals surface area contributed by atoms with Crippen molar-refractivity contribution in [1.82, 2.24) is 35.6 Å². The number of aromatic nitrogens is 2. The van der Waals surface area contributed by atoms with E-state index in [1.54, 1.807) is 12.0 Å². The van der Waals surface area contributed by atoms with E-state index in [0.717, 1.165) is 12.1 Å². The van der Waals surface area contributed by atoms with Gasteiger partial charge in [-0.15, -0.1) is 9.46 Å². The third-order valence-corrected chi connectivity index (χ3v) is 8.65. The van der Waals surface area contributed by atoms with Crippen molar-refractivity contribution in [2.45, 2.75) is 27.7 Å². The Morgan fingerprint density at radius 1 is 0.593 bits per heavy atom. The van der Waals surface area contributed by atoms with Crippen LogP contribution < -0.4 is 32.4 Å². The fraction of sp³-hybridized carbons (Fsp3) is 0.487. The summed E-state index contributed by atoms with van der Waals surface area (Å²) in [6.07, 6.45) is 0. The molecule has 20 nitrogen and oxygen atoms in total. The Hall–Kier alpha value is -5.96. The van der Waals surface area contributed by atoms with Gasteiger partial charge in [-0.1, -0.05) is 39.8 Å². The van der Waals surface area contributed by atoms with Crippen LogP contribution in [0.5, 0.6) is 11.5 Å². The van der Waals surface area contributed by atoms with Gasteiger partial charge in [-0.2, -0.15) is 0 Å². The molecule has 3 rings (SSSR count). The number of nitrogens with zero attached hydrogens (tertiary/aromatic N) is 3. The zero-order valence-electron chi connectivity index (χ0n) is 33.9. The van der Waals surface area contributed by atoms with Gasteiger partial charge in [0.2, 0.25) is 0 Å². The highest BCUT2D eigenvalue weighted by molar-refractivity contribution is 6.02. The van der Waals surface area contributed by atoms with Gasteiger partial charge in [-0.05, 0) is 24.3 Å². The van der Waals surface area contributed by atoms with Crippen LogP contribution in [-0.4, -0.2) is 145 Å². The quantitative estimate of drug-likeness (QED) is 0.0342. The smallest absolute Gasteiger partial charge is 0.283 e. The maximum Gasteiger partial charge on any atom is 0.283 e. The number of carbonyl (C=O) groups is 4. The molecule has 20 heteroatoms. The molecule has 2 aromatic heterocycles. The van der Waals surface area contributed by atoms with Crippen molar-refractivity contribution >= 4 is 23.6 Å². The normalized spacial score (nSPS) is 11.6. The number of phenolic OH excluding ortho intramolecular Hbond substituents is 2. The molecular weight excluding hydrogens is 774 g/mol. The van der Waals surface area contributed by atoms with Crippen molar-refractivity contribution in [3.8, 4) is 11.5 Å². The van der Waals surface area contributed by atoms with Crippen LogP contribution in [0.3, 0.4) is 0 Å². The molecule has 59 heavy (non-hydrogen) atoms. The minimum atomic E-state index is -0.810.